The molecule has 0 radical (unpaired) electrons. The number of hydrogen-bond donors (Lipinski definition) is 0. The van der Waals surface area contributed by atoms with Gasteiger partial charge in [-0.3, -0.25) is 0 Å². The summed E-state index contributed by atoms with van der Waals surface area (Å²) in [6, 6.07) is 3.09. The molecule has 15 heavy (non-hydrogen) atoms. The average molecular weight is 255 g/mol. The maximum atomic E-state index is 12.5. The van der Waals surface area contributed by atoms with Crippen LogP contribution in [-0.2, 0) is 0 Å². The first-order chi connectivity index (χ1) is 6.68. The zero-order valence-corrected chi connectivity index (χ0v) is 15.4. The van der Waals surface area contributed by atoms with Crippen molar-refractivity contribution < 1.29 is 56.2 Å². The summed E-state index contributed by atoms with van der Waals surface area (Å²) in [4.78, 5) is 12.5. The van der Waals surface area contributed by atoms with Crippen LogP contribution in [0.15, 0.2) is 0 Å². The van der Waals surface area contributed by atoms with Gasteiger partial charge in [-0.2, -0.15) is 0 Å². The van der Waals surface area contributed by atoms with Crippen molar-refractivity contribution in [2.45, 2.75) is 77.4 Å². The molecule has 0 atom stereocenters. The van der Waals surface area contributed by atoms with Gasteiger partial charge in [0.15, 0.2) is 0 Å². The van der Waals surface area contributed by atoms with Crippen molar-refractivity contribution in [1.82, 2.24) is 0 Å². The van der Waals surface area contributed by atoms with Crippen LogP contribution in [-0.4, -0.2) is 8.32 Å². The van der Waals surface area contributed by atoms with Gasteiger partial charge in [-0.15, -0.1) is 0 Å². The third-order valence-corrected chi connectivity index (χ3v) is 6.75. The summed E-state index contributed by atoms with van der Waals surface area (Å²) < 4.78 is 0. The van der Waals surface area contributed by atoms with Crippen LogP contribution in [0.1, 0.15) is 59.3 Å². The van der Waals surface area contributed by atoms with E-state index in [0.29, 0.717) is 0 Å². The van der Waals surface area contributed by atoms with E-state index in [2.05, 4.69) is 20.8 Å². The third-order valence-electron chi connectivity index (χ3n) is 2.96. The smallest absolute Gasteiger partial charge is 0.858 e. The van der Waals surface area contributed by atoms with Gasteiger partial charge in [-0.1, -0.05) is 77.4 Å². The number of unbranched alkanes of at least 4 members (excludes halogenated alkanes) is 3. The minimum absolute atomic E-state index is 0. The van der Waals surface area contributed by atoms with E-state index in [-0.39, 0.29) is 51.4 Å². The van der Waals surface area contributed by atoms with Crippen LogP contribution in [0, 0.1) is 0 Å². The second-order valence-corrected chi connectivity index (χ2v) is 8.36. The summed E-state index contributed by atoms with van der Waals surface area (Å²) in [5, 5.41) is 0. The predicted molar refractivity (Wildman–Crippen MR) is 64.9 cm³/mol. The molecule has 0 rings (SSSR count). The Bertz CT molecular complexity index is 109. The molecule has 0 saturated heterocycles. The molecule has 86 valence electrons. The number of hydrogen-bond acceptors (Lipinski definition) is 1. The van der Waals surface area contributed by atoms with E-state index < -0.39 is 8.32 Å². The van der Waals surface area contributed by atoms with Crippen LogP contribution in [0.4, 0.5) is 0 Å². The maximum absolute atomic E-state index is 12.5. The van der Waals surface area contributed by atoms with Gasteiger partial charge in [0.1, 0.15) is 0 Å². The summed E-state index contributed by atoms with van der Waals surface area (Å²) in [7, 11) is -2.06. The van der Waals surface area contributed by atoms with E-state index in [1.54, 1.807) is 0 Å². The van der Waals surface area contributed by atoms with Gasteiger partial charge in [0.25, 0.3) is 0 Å². The molecule has 0 heterocycles. The number of rotatable bonds is 9. The summed E-state index contributed by atoms with van der Waals surface area (Å²) in [5.41, 5.74) is 0. The predicted octanol–water partition coefficient (Wildman–Crippen LogP) is 0.697. The Kier molecular flexibility index (Phi) is 15.7. The van der Waals surface area contributed by atoms with Gasteiger partial charge in [-0.05, 0) is 8.32 Å². The van der Waals surface area contributed by atoms with E-state index in [1.165, 1.54) is 38.5 Å². The Morgan fingerprint density at radius 3 is 1.20 bits per heavy atom. The van der Waals surface area contributed by atoms with Gasteiger partial charge < -0.3 is 4.80 Å². The quantitative estimate of drug-likeness (QED) is 0.556. The topological polar surface area (TPSA) is 23.1 Å². The van der Waals surface area contributed by atoms with Crippen molar-refractivity contribution in [3.8, 4) is 0 Å². The second kappa shape index (κ2) is 12.3. The van der Waals surface area contributed by atoms with Crippen LogP contribution in [0.25, 0.3) is 0 Å². The molecule has 0 aliphatic carbocycles. The zero-order chi connectivity index (χ0) is 10.9. The standard InChI is InChI=1S/C12H27OSi.K/c1-4-7-10-14(13,11-8-5-2)12-9-6-3;/h4-12H2,1-3H3;/q-1;+1. The largest absolute Gasteiger partial charge is 1.00 e. The Hall–Kier alpha value is 1.81. The summed E-state index contributed by atoms with van der Waals surface area (Å²) in [5.74, 6) is 0. The van der Waals surface area contributed by atoms with E-state index >= 15 is 0 Å². The molecular weight excluding hydrogens is 227 g/mol. The molecular formula is C12H27KOSi. The molecule has 0 spiro atoms. The minimum Gasteiger partial charge on any atom is -0.858 e. The van der Waals surface area contributed by atoms with E-state index in [1.807, 2.05) is 0 Å². The molecule has 0 aromatic rings. The Morgan fingerprint density at radius 2 is 1.00 bits per heavy atom. The molecule has 0 N–H and O–H groups in total. The van der Waals surface area contributed by atoms with Crippen molar-refractivity contribution >= 4 is 8.32 Å². The monoisotopic (exact) mass is 254 g/mol. The van der Waals surface area contributed by atoms with Gasteiger partial charge in [0, 0.05) is 0 Å². The maximum Gasteiger partial charge on any atom is 1.00 e. The molecule has 0 aliphatic rings. The summed E-state index contributed by atoms with van der Waals surface area (Å²) >= 11 is 0. The average Bonchev–Trinajstić information content (AvgIpc) is 2.21. The molecule has 1 nitrogen and oxygen atoms in total. The molecule has 0 aromatic carbocycles. The fraction of sp³-hybridized carbons (Fsp3) is 1.00. The first kappa shape index (κ1) is 19.2. The molecule has 0 fully saturated rings. The Balaban J connectivity index is 0. The van der Waals surface area contributed by atoms with Crippen molar-refractivity contribution in [2.24, 2.45) is 0 Å². The normalized spacial score (nSPS) is 11.2. The van der Waals surface area contributed by atoms with Crippen molar-refractivity contribution in [3.05, 3.63) is 0 Å². The van der Waals surface area contributed by atoms with Crippen molar-refractivity contribution in [1.29, 1.82) is 0 Å². The van der Waals surface area contributed by atoms with Crippen LogP contribution in [0.3, 0.4) is 0 Å². The Morgan fingerprint density at radius 1 is 0.733 bits per heavy atom. The van der Waals surface area contributed by atoms with Gasteiger partial charge in [-0.25, -0.2) is 0 Å². The zero-order valence-electron chi connectivity index (χ0n) is 11.3. The van der Waals surface area contributed by atoms with E-state index in [4.69, 9.17) is 0 Å². The molecule has 0 bridgehead atoms. The van der Waals surface area contributed by atoms with Crippen LogP contribution in [0.2, 0.25) is 18.1 Å². The van der Waals surface area contributed by atoms with Crippen LogP contribution < -0.4 is 56.2 Å². The molecule has 0 amide bonds. The molecule has 3 heteroatoms. The van der Waals surface area contributed by atoms with Gasteiger partial charge in [0.2, 0.25) is 0 Å². The summed E-state index contributed by atoms with van der Waals surface area (Å²) in [6.07, 6.45) is 7.08. The van der Waals surface area contributed by atoms with Gasteiger partial charge >= 0.3 is 51.4 Å². The molecule has 0 saturated carbocycles. The summed E-state index contributed by atoms with van der Waals surface area (Å²) in [6.45, 7) is 6.57. The first-order valence-electron chi connectivity index (χ1n) is 6.39. The second-order valence-electron chi connectivity index (χ2n) is 4.49. The molecule has 0 aromatic heterocycles. The molecule has 0 unspecified atom stereocenters. The SMILES string of the molecule is CCCC[Si]([O-])(CCCC)CCCC.[K+]. The van der Waals surface area contributed by atoms with Crippen LogP contribution in [0.5, 0.6) is 0 Å². The Labute approximate surface area is 140 Å². The van der Waals surface area contributed by atoms with Gasteiger partial charge in [0.05, 0.1) is 0 Å². The van der Waals surface area contributed by atoms with E-state index in [9.17, 15) is 4.80 Å². The fourth-order valence-corrected chi connectivity index (χ4v) is 5.62. The first-order valence-corrected chi connectivity index (χ1v) is 8.92. The molecule has 0 aliphatic heterocycles. The van der Waals surface area contributed by atoms with Crippen LogP contribution >= 0.6 is 0 Å². The van der Waals surface area contributed by atoms with E-state index in [0.717, 1.165) is 18.1 Å². The van der Waals surface area contributed by atoms with Crippen molar-refractivity contribution in [3.63, 3.8) is 0 Å². The van der Waals surface area contributed by atoms with Crippen molar-refractivity contribution in [2.75, 3.05) is 0 Å². The third kappa shape index (κ3) is 10.7. The fourth-order valence-electron chi connectivity index (χ4n) is 1.87. The minimum atomic E-state index is -2.06.